The SMILES string of the molecule is CCc1cc(CC)c(C(Cl)c2ccccc2Br)c(CC)c1. The molecule has 112 valence electrons. The number of rotatable bonds is 5. The molecule has 0 radical (unpaired) electrons. The van der Waals surface area contributed by atoms with E-state index < -0.39 is 0 Å². The molecule has 0 fully saturated rings. The van der Waals surface area contributed by atoms with Gasteiger partial charge in [0.2, 0.25) is 0 Å². The topological polar surface area (TPSA) is 0 Å². The maximum atomic E-state index is 6.87. The minimum Gasteiger partial charge on any atom is -0.113 e. The highest BCUT2D eigenvalue weighted by molar-refractivity contribution is 9.10. The van der Waals surface area contributed by atoms with E-state index in [2.05, 4.69) is 61.0 Å². The van der Waals surface area contributed by atoms with Crippen molar-refractivity contribution in [1.29, 1.82) is 0 Å². The second kappa shape index (κ2) is 7.47. The molecule has 2 rings (SSSR count). The van der Waals surface area contributed by atoms with Crippen molar-refractivity contribution in [3.8, 4) is 0 Å². The van der Waals surface area contributed by atoms with Gasteiger partial charge in [-0.15, -0.1) is 11.6 Å². The second-order valence-electron chi connectivity index (χ2n) is 5.27. The second-order valence-corrected chi connectivity index (χ2v) is 6.56. The predicted molar refractivity (Wildman–Crippen MR) is 96.4 cm³/mol. The van der Waals surface area contributed by atoms with E-state index in [1.54, 1.807) is 0 Å². The molecule has 0 spiro atoms. The van der Waals surface area contributed by atoms with E-state index in [1.807, 2.05) is 12.1 Å². The van der Waals surface area contributed by atoms with Crippen LogP contribution in [0, 0.1) is 0 Å². The van der Waals surface area contributed by atoms with Crippen LogP contribution >= 0.6 is 27.5 Å². The molecule has 2 aromatic carbocycles. The molecule has 2 heteroatoms. The fourth-order valence-corrected chi connectivity index (χ4v) is 3.92. The van der Waals surface area contributed by atoms with Crippen LogP contribution in [0.25, 0.3) is 0 Å². The predicted octanol–water partition coefficient (Wildman–Crippen LogP) is 6.46. The Morgan fingerprint density at radius 3 is 2.00 bits per heavy atom. The number of halogens is 2. The van der Waals surface area contributed by atoms with E-state index in [4.69, 9.17) is 11.6 Å². The van der Waals surface area contributed by atoms with Gasteiger partial charge in [-0.05, 0) is 53.1 Å². The van der Waals surface area contributed by atoms with Gasteiger partial charge in [0.25, 0.3) is 0 Å². The van der Waals surface area contributed by atoms with Crippen LogP contribution in [-0.4, -0.2) is 0 Å². The molecule has 0 aliphatic rings. The fraction of sp³-hybridized carbons (Fsp3) is 0.368. The van der Waals surface area contributed by atoms with E-state index >= 15 is 0 Å². The van der Waals surface area contributed by atoms with Crippen LogP contribution in [0.2, 0.25) is 0 Å². The van der Waals surface area contributed by atoms with Gasteiger partial charge in [0, 0.05) is 4.47 Å². The summed E-state index contributed by atoms with van der Waals surface area (Å²) in [6, 6.07) is 12.9. The molecule has 0 aromatic heterocycles. The Bertz CT molecular complexity index is 594. The van der Waals surface area contributed by atoms with Gasteiger partial charge in [-0.25, -0.2) is 0 Å². The Hall–Kier alpha value is -0.790. The summed E-state index contributed by atoms with van der Waals surface area (Å²) in [5, 5.41) is -0.101. The molecule has 0 N–H and O–H groups in total. The van der Waals surface area contributed by atoms with Crippen molar-refractivity contribution in [2.75, 3.05) is 0 Å². The third kappa shape index (κ3) is 3.52. The van der Waals surface area contributed by atoms with Crippen LogP contribution in [-0.2, 0) is 19.3 Å². The van der Waals surface area contributed by atoms with E-state index in [0.717, 1.165) is 29.3 Å². The lowest BCUT2D eigenvalue weighted by atomic mass is 9.89. The van der Waals surface area contributed by atoms with Gasteiger partial charge in [-0.3, -0.25) is 0 Å². The maximum absolute atomic E-state index is 6.87. The van der Waals surface area contributed by atoms with Crippen LogP contribution in [0.4, 0.5) is 0 Å². The lowest BCUT2D eigenvalue weighted by Crippen LogP contribution is -2.05. The summed E-state index contributed by atoms with van der Waals surface area (Å²) in [7, 11) is 0. The number of alkyl halides is 1. The molecule has 1 atom stereocenters. The molecular formula is C19H22BrCl. The van der Waals surface area contributed by atoms with Crippen molar-refractivity contribution >= 4 is 27.5 Å². The number of aryl methyl sites for hydroxylation is 3. The van der Waals surface area contributed by atoms with Gasteiger partial charge < -0.3 is 0 Å². The van der Waals surface area contributed by atoms with E-state index in [0.29, 0.717) is 0 Å². The molecule has 21 heavy (non-hydrogen) atoms. The van der Waals surface area contributed by atoms with Crippen LogP contribution in [0.3, 0.4) is 0 Å². The normalized spacial score (nSPS) is 12.4. The van der Waals surface area contributed by atoms with Gasteiger partial charge in [-0.1, -0.05) is 67.0 Å². The first-order chi connectivity index (χ1) is 10.1. The first kappa shape index (κ1) is 16.6. The van der Waals surface area contributed by atoms with Crippen LogP contribution in [0.15, 0.2) is 40.9 Å². The van der Waals surface area contributed by atoms with Crippen molar-refractivity contribution in [2.24, 2.45) is 0 Å². The number of hydrogen-bond acceptors (Lipinski definition) is 0. The van der Waals surface area contributed by atoms with Gasteiger partial charge in [0.05, 0.1) is 5.38 Å². The van der Waals surface area contributed by atoms with Crippen LogP contribution in [0.5, 0.6) is 0 Å². The summed E-state index contributed by atoms with van der Waals surface area (Å²) in [5.41, 5.74) is 6.60. The van der Waals surface area contributed by atoms with E-state index in [-0.39, 0.29) is 5.38 Å². The molecule has 0 aliphatic heterocycles. The zero-order valence-corrected chi connectivity index (χ0v) is 15.3. The molecule has 0 amide bonds. The lowest BCUT2D eigenvalue weighted by Gasteiger charge is -2.21. The van der Waals surface area contributed by atoms with Crippen molar-refractivity contribution < 1.29 is 0 Å². The van der Waals surface area contributed by atoms with Crippen molar-refractivity contribution in [2.45, 2.75) is 45.4 Å². The van der Waals surface area contributed by atoms with Crippen molar-refractivity contribution in [3.63, 3.8) is 0 Å². The molecule has 0 aliphatic carbocycles. The van der Waals surface area contributed by atoms with Crippen molar-refractivity contribution in [1.82, 2.24) is 0 Å². The largest absolute Gasteiger partial charge is 0.113 e. The summed E-state index contributed by atoms with van der Waals surface area (Å²) < 4.78 is 1.08. The molecular weight excluding hydrogens is 344 g/mol. The molecule has 0 heterocycles. The standard InChI is InChI=1S/C19H22BrCl/c1-4-13-11-14(5-2)18(15(6-3)12-13)19(21)16-9-7-8-10-17(16)20/h7-12,19H,4-6H2,1-3H3. The van der Waals surface area contributed by atoms with E-state index in [1.165, 1.54) is 22.3 Å². The summed E-state index contributed by atoms with van der Waals surface area (Å²) >= 11 is 10.5. The molecule has 0 nitrogen and oxygen atoms in total. The zero-order chi connectivity index (χ0) is 15.4. The molecule has 0 saturated heterocycles. The molecule has 2 aromatic rings. The third-order valence-corrected chi connectivity index (χ3v) is 5.19. The summed E-state index contributed by atoms with van der Waals surface area (Å²) in [6.45, 7) is 6.63. The molecule has 0 bridgehead atoms. The average Bonchev–Trinajstić information content (AvgIpc) is 2.53. The minimum atomic E-state index is -0.101. The summed E-state index contributed by atoms with van der Waals surface area (Å²) in [4.78, 5) is 0. The quantitative estimate of drug-likeness (QED) is 0.533. The van der Waals surface area contributed by atoms with Gasteiger partial charge in [-0.2, -0.15) is 0 Å². The maximum Gasteiger partial charge on any atom is 0.0851 e. The lowest BCUT2D eigenvalue weighted by molar-refractivity contribution is 0.961. The first-order valence-electron chi connectivity index (χ1n) is 7.65. The van der Waals surface area contributed by atoms with Crippen LogP contribution in [0.1, 0.15) is 54.0 Å². The van der Waals surface area contributed by atoms with Crippen molar-refractivity contribution in [3.05, 3.63) is 68.7 Å². The Balaban J connectivity index is 2.59. The first-order valence-corrected chi connectivity index (χ1v) is 8.88. The summed E-state index contributed by atoms with van der Waals surface area (Å²) in [5.74, 6) is 0. The fourth-order valence-electron chi connectivity index (χ4n) is 2.80. The zero-order valence-electron chi connectivity index (χ0n) is 12.9. The highest BCUT2D eigenvalue weighted by Gasteiger charge is 2.20. The minimum absolute atomic E-state index is 0.101. The smallest absolute Gasteiger partial charge is 0.0851 e. The van der Waals surface area contributed by atoms with Gasteiger partial charge >= 0.3 is 0 Å². The number of hydrogen-bond donors (Lipinski definition) is 0. The Kier molecular flexibility index (Phi) is 5.89. The van der Waals surface area contributed by atoms with E-state index in [9.17, 15) is 0 Å². The highest BCUT2D eigenvalue weighted by atomic mass is 79.9. The third-order valence-electron chi connectivity index (χ3n) is 4.01. The summed E-state index contributed by atoms with van der Waals surface area (Å²) in [6.07, 6.45) is 3.11. The Morgan fingerprint density at radius 2 is 1.52 bits per heavy atom. The highest BCUT2D eigenvalue weighted by Crippen LogP contribution is 2.38. The number of benzene rings is 2. The molecule has 0 saturated carbocycles. The van der Waals surface area contributed by atoms with Gasteiger partial charge in [0.15, 0.2) is 0 Å². The Morgan fingerprint density at radius 1 is 0.952 bits per heavy atom. The molecule has 1 unspecified atom stereocenters. The average molecular weight is 366 g/mol. The van der Waals surface area contributed by atoms with Crippen LogP contribution < -0.4 is 0 Å². The monoisotopic (exact) mass is 364 g/mol. The van der Waals surface area contributed by atoms with Gasteiger partial charge in [0.1, 0.15) is 0 Å². The Labute approximate surface area is 141 Å².